The van der Waals surface area contributed by atoms with Gasteiger partial charge in [0.05, 0.1) is 17.5 Å². The molecular formula is C25H27ClN2O5. The molecule has 1 aromatic carbocycles. The van der Waals surface area contributed by atoms with Crippen LogP contribution in [-0.2, 0) is 13.0 Å². The number of halogens is 1. The van der Waals surface area contributed by atoms with Gasteiger partial charge in [0.2, 0.25) is 0 Å². The van der Waals surface area contributed by atoms with E-state index in [1.54, 1.807) is 12.3 Å². The summed E-state index contributed by atoms with van der Waals surface area (Å²) in [5.74, 6) is 1.44. The summed E-state index contributed by atoms with van der Waals surface area (Å²) in [7, 11) is 0. The lowest BCUT2D eigenvalue weighted by atomic mass is 9.78. The summed E-state index contributed by atoms with van der Waals surface area (Å²) in [5.41, 5.74) is 1.13. The van der Waals surface area contributed by atoms with Crippen LogP contribution in [0.4, 0.5) is 0 Å². The Balaban J connectivity index is 1.15. The highest BCUT2D eigenvalue weighted by molar-refractivity contribution is 6.30. The second-order valence-corrected chi connectivity index (χ2v) is 9.32. The van der Waals surface area contributed by atoms with Crippen LogP contribution < -0.4 is 20.4 Å². The van der Waals surface area contributed by atoms with Gasteiger partial charge >= 0.3 is 5.63 Å². The number of fused-ring (bicyclic) bond motifs is 2. The average Bonchev–Trinajstić information content (AvgIpc) is 2.83. The van der Waals surface area contributed by atoms with Crippen molar-refractivity contribution < 1.29 is 19.0 Å². The van der Waals surface area contributed by atoms with Crippen LogP contribution in [0.5, 0.6) is 11.5 Å². The number of hydrogen-bond acceptors (Lipinski definition) is 7. The maximum Gasteiger partial charge on any atom is 0.355 e. The maximum absolute atomic E-state index is 11.9. The third-order valence-corrected chi connectivity index (χ3v) is 6.90. The normalized spacial score (nSPS) is 22.4. The van der Waals surface area contributed by atoms with E-state index in [2.05, 4.69) is 10.3 Å². The van der Waals surface area contributed by atoms with Crippen LogP contribution in [0.3, 0.4) is 0 Å². The molecule has 1 saturated carbocycles. The Morgan fingerprint density at radius 1 is 1.15 bits per heavy atom. The zero-order valence-electron chi connectivity index (χ0n) is 18.3. The molecule has 0 radical (unpaired) electrons. The number of para-hydroxylation sites is 1. The number of benzene rings is 1. The standard InChI is InChI=1S/C25H27ClN2O5/c26-20-12-17-3-1-2-16(23(17)33-24(20)29)4-7-25(30)8-5-18(6-9-25)27-14-19-13-21-22(15-28-19)32-11-10-31-21/h1-3,12-13,15,18,27,30H,4-11,14H2/t18-,25+. The van der Waals surface area contributed by atoms with E-state index in [1.165, 1.54) is 0 Å². The second-order valence-electron chi connectivity index (χ2n) is 8.92. The third-order valence-electron chi connectivity index (χ3n) is 6.63. The van der Waals surface area contributed by atoms with Gasteiger partial charge in [0.25, 0.3) is 0 Å². The molecule has 174 valence electrons. The van der Waals surface area contributed by atoms with E-state index in [1.807, 2.05) is 24.3 Å². The lowest BCUT2D eigenvalue weighted by molar-refractivity contribution is -0.0108. The first-order chi connectivity index (χ1) is 16.0. The predicted octanol–water partition coefficient (Wildman–Crippen LogP) is 4.01. The molecule has 2 aliphatic rings. The van der Waals surface area contributed by atoms with Crippen LogP contribution in [0.1, 0.15) is 43.4 Å². The minimum Gasteiger partial charge on any atom is -0.486 e. The van der Waals surface area contributed by atoms with Crippen molar-refractivity contribution in [3.63, 3.8) is 0 Å². The van der Waals surface area contributed by atoms with Gasteiger partial charge in [-0.2, -0.15) is 0 Å². The van der Waals surface area contributed by atoms with E-state index in [-0.39, 0.29) is 5.02 Å². The number of aromatic nitrogens is 1. The lowest BCUT2D eigenvalue weighted by Crippen LogP contribution is -2.41. The molecule has 33 heavy (non-hydrogen) atoms. The van der Waals surface area contributed by atoms with Gasteiger partial charge in [0, 0.05) is 24.0 Å². The van der Waals surface area contributed by atoms with Crippen molar-refractivity contribution in [2.45, 2.75) is 56.7 Å². The topological polar surface area (TPSA) is 93.8 Å². The molecule has 2 N–H and O–H groups in total. The van der Waals surface area contributed by atoms with Crippen molar-refractivity contribution in [1.29, 1.82) is 0 Å². The molecule has 0 saturated heterocycles. The lowest BCUT2D eigenvalue weighted by Gasteiger charge is -2.36. The maximum atomic E-state index is 11.9. The van der Waals surface area contributed by atoms with Crippen molar-refractivity contribution in [2.75, 3.05) is 13.2 Å². The van der Waals surface area contributed by atoms with Crippen LogP contribution in [0.2, 0.25) is 5.02 Å². The minimum atomic E-state index is -0.720. The van der Waals surface area contributed by atoms with E-state index in [9.17, 15) is 9.90 Å². The molecule has 0 unspecified atom stereocenters. The molecule has 0 spiro atoms. The van der Waals surface area contributed by atoms with E-state index in [0.29, 0.717) is 50.0 Å². The Morgan fingerprint density at radius 2 is 1.94 bits per heavy atom. The van der Waals surface area contributed by atoms with E-state index >= 15 is 0 Å². The number of hydrogen-bond donors (Lipinski definition) is 2. The highest BCUT2D eigenvalue weighted by Crippen LogP contribution is 2.34. The quantitative estimate of drug-likeness (QED) is 0.526. The Labute approximate surface area is 196 Å². The van der Waals surface area contributed by atoms with E-state index < -0.39 is 11.2 Å². The first kappa shape index (κ1) is 22.2. The molecule has 8 heteroatoms. The summed E-state index contributed by atoms with van der Waals surface area (Å²) in [6.45, 7) is 1.77. The zero-order valence-corrected chi connectivity index (χ0v) is 19.1. The molecule has 0 atom stereocenters. The largest absolute Gasteiger partial charge is 0.486 e. The molecule has 3 heterocycles. The summed E-state index contributed by atoms with van der Waals surface area (Å²) in [6.07, 6.45) is 6.20. The van der Waals surface area contributed by atoms with Crippen molar-refractivity contribution in [2.24, 2.45) is 0 Å². The van der Waals surface area contributed by atoms with Gasteiger partial charge in [-0.1, -0.05) is 29.8 Å². The summed E-state index contributed by atoms with van der Waals surface area (Å²) in [5, 5.41) is 15.6. The first-order valence-electron chi connectivity index (χ1n) is 11.4. The van der Waals surface area contributed by atoms with E-state index in [0.717, 1.165) is 48.1 Å². The molecule has 0 bridgehead atoms. The van der Waals surface area contributed by atoms with Crippen LogP contribution in [0, 0.1) is 0 Å². The molecule has 1 fully saturated rings. The number of rotatable bonds is 6. The Bertz CT molecular complexity index is 1200. The Hall–Kier alpha value is -2.61. The van der Waals surface area contributed by atoms with Crippen molar-refractivity contribution in [3.05, 3.63) is 63.2 Å². The predicted molar refractivity (Wildman–Crippen MR) is 125 cm³/mol. The fourth-order valence-electron chi connectivity index (χ4n) is 4.69. The van der Waals surface area contributed by atoms with Gasteiger partial charge in [0.1, 0.15) is 23.8 Å². The fourth-order valence-corrected chi connectivity index (χ4v) is 4.84. The van der Waals surface area contributed by atoms with Gasteiger partial charge in [-0.05, 0) is 50.2 Å². The molecular weight excluding hydrogens is 444 g/mol. The van der Waals surface area contributed by atoms with Crippen LogP contribution >= 0.6 is 11.6 Å². The molecule has 7 nitrogen and oxygen atoms in total. The summed E-state index contributed by atoms with van der Waals surface area (Å²) >= 11 is 5.90. The number of nitrogens with one attached hydrogen (secondary N) is 1. The number of pyridine rings is 1. The SMILES string of the molecule is O=c1oc2c(CC[C@]3(O)CC[C@@H](NCc4cc5c(cn4)OCCO5)CC3)cccc2cc1Cl. The van der Waals surface area contributed by atoms with E-state index in [4.69, 9.17) is 25.5 Å². The summed E-state index contributed by atoms with van der Waals surface area (Å²) in [6, 6.07) is 9.62. The Morgan fingerprint density at radius 3 is 2.76 bits per heavy atom. The van der Waals surface area contributed by atoms with Crippen LogP contribution in [0.25, 0.3) is 11.0 Å². The number of aryl methyl sites for hydroxylation is 1. The minimum absolute atomic E-state index is 0.0792. The number of nitrogens with zero attached hydrogens (tertiary/aromatic N) is 1. The molecule has 3 aromatic rings. The molecule has 1 aliphatic carbocycles. The van der Waals surface area contributed by atoms with Crippen LogP contribution in [0.15, 0.2) is 45.7 Å². The van der Waals surface area contributed by atoms with Crippen molar-refractivity contribution in [3.8, 4) is 11.5 Å². The zero-order chi connectivity index (χ0) is 22.8. The van der Waals surface area contributed by atoms with Gasteiger partial charge in [-0.15, -0.1) is 0 Å². The van der Waals surface area contributed by atoms with Gasteiger partial charge in [-0.3, -0.25) is 4.98 Å². The smallest absolute Gasteiger partial charge is 0.355 e. The second kappa shape index (κ2) is 9.33. The van der Waals surface area contributed by atoms with Crippen molar-refractivity contribution in [1.82, 2.24) is 10.3 Å². The van der Waals surface area contributed by atoms with Gasteiger partial charge in [-0.25, -0.2) is 4.79 Å². The summed E-state index contributed by atoms with van der Waals surface area (Å²) in [4.78, 5) is 16.3. The fraction of sp³-hybridized carbons (Fsp3) is 0.440. The molecule has 0 amide bonds. The first-order valence-corrected chi connectivity index (χ1v) is 11.8. The number of aliphatic hydroxyl groups is 1. The average molecular weight is 471 g/mol. The highest BCUT2D eigenvalue weighted by atomic mass is 35.5. The van der Waals surface area contributed by atoms with Crippen molar-refractivity contribution >= 4 is 22.6 Å². The number of ether oxygens (including phenoxy) is 2. The monoisotopic (exact) mass is 470 g/mol. The van der Waals surface area contributed by atoms with Gasteiger partial charge in [0.15, 0.2) is 11.5 Å². The highest BCUT2D eigenvalue weighted by Gasteiger charge is 2.33. The third kappa shape index (κ3) is 5.00. The summed E-state index contributed by atoms with van der Waals surface area (Å²) < 4.78 is 16.6. The van der Waals surface area contributed by atoms with Crippen LogP contribution in [-0.4, -0.2) is 34.9 Å². The Kier molecular flexibility index (Phi) is 6.27. The van der Waals surface area contributed by atoms with Gasteiger partial charge < -0.3 is 24.3 Å². The molecule has 2 aromatic heterocycles. The molecule has 1 aliphatic heterocycles. The molecule has 5 rings (SSSR count).